The molecule has 0 fully saturated rings. The summed E-state index contributed by atoms with van der Waals surface area (Å²) in [5.74, 6) is -1.83. The van der Waals surface area contributed by atoms with E-state index in [2.05, 4.69) is 4.72 Å². The fourth-order valence-corrected chi connectivity index (χ4v) is 3.56. The SMILES string of the molecule is N#Cc1ccc(F)c(S(=O)(=O)Nc2cc(-c3ccccc3)ccc2F)c1. The summed E-state index contributed by atoms with van der Waals surface area (Å²) in [6.45, 7) is 0. The monoisotopic (exact) mass is 370 g/mol. The van der Waals surface area contributed by atoms with Crippen molar-refractivity contribution in [3.05, 3.63) is 83.9 Å². The maximum absolute atomic E-state index is 14.1. The molecule has 0 unspecified atom stereocenters. The van der Waals surface area contributed by atoms with Crippen LogP contribution in [0.15, 0.2) is 71.6 Å². The number of hydrogen-bond acceptors (Lipinski definition) is 3. The number of hydrogen-bond donors (Lipinski definition) is 1. The van der Waals surface area contributed by atoms with Crippen LogP contribution in [0.1, 0.15) is 5.56 Å². The van der Waals surface area contributed by atoms with Crippen LogP contribution in [-0.2, 0) is 10.0 Å². The number of benzene rings is 3. The molecule has 0 saturated heterocycles. The van der Waals surface area contributed by atoms with Gasteiger partial charge in [0.05, 0.1) is 17.3 Å². The average molecular weight is 370 g/mol. The predicted octanol–water partition coefficient (Wildman–Crippen LogP) is 4.30. The molecule has 3 aromatic carbocycles. The number of halogens is 2. The molecule has 0 spiro atoms. The van der Waals surface area contributed by atoms with E-state index < -0.39 is 26.6 Å². The Labute approximate surface area is 149 Å². The molecule has 0 aliphatic carbocycles. The van der Waals surface area contributed by atoms with Crippen molar-refractivity contribution in [2.75, 3.05) is 4.72 Å². The van der Waals surface area contributed by atoms with Crippen molar-refractivity contribution >= 4 is 15.7 Å². The Kier molecular flexibility index (Phi) is 4.69. The molecule has 130 valence electrons. The summed E-state index contributed by atoms with van der Waals surface area (Å²) >= 11 is 0. The Morgan fingerprint density at radius 2 is 1.54 bits per heavy atom. The first kappa shape index (κ1) is 17.6. The zero-order valence-electron chi connectivity index (χ0n) is 13.3. The fraction of sp³-hybridized carbons (Fsp3) is 0. The Hall–Kier alpha value is -3.24. The molecule has 0 amide bonds. The minimum atomic E-state index is -4.41. The van der Waals surface area contributed by atoms with Crippen LogP contribution in [0.5, 0.6) is 0 Å². The largest absolute Gasteiger partial charge is 0.277 e. The van der Waals surface area contributed by atoms with Gasteiger partial charge in [0, 0.05) is 0 Å². The lowest BCUT2D eigenvalue weighted by Gasteiger charge is -2.11. The lowest BCUT2D eigenvalue weighted by molar-refractivity contribution is 0.569. The molecule has 0 bridgehead atoms. The van der Waals surface area contributed by atoms with E-state index in [1.165, 1.54) is 12.1 Å². The minimum Gasteiger partial charge on any atom is -0.277 e. The van der Waals surface area contributed by atoms with E-state index in [0.717, 1.165) is 29.8 Å². The Balaban J connectivity index is 2.02. The van der Waals surface area contributed by atoms with Crippen LogP contribution in [0.2, 0.25) is 0 Å². The maximum Gasteiger partial charge on any atom is 0.264 e. The Morgan fingerprint density at radius 1 is 0.846 bits per heavy atom. The van der Waals surface area contributed by atoms with E-state index in [4.69, 9.17) is 5.26 Å². The van der Waals surface area contributed by atoms with Gasteiger partial charge in [0.15, 0.2) is 0 Å². The molecular weight excluding hydrogens is 358 g/mol. The van der Waals surface area contributed by atoms with Crippen molar-refractivity contribution in [3.63, 3.8) is 0 Å². The number of sulfonamides is 1. The van der Waals surface area contributed by atoms with Gasteiger partial charge in [0.25, 0.3) is 10.0 Å². The first-order valence-electron chi connectivity index (χ1n) is 7.48. The van der Waals surface area contributed by atoms with E-state index in [9.17, 15) is 17.2 Å². The van der Waals surface area contributed by atoms with E-state index in [0.29, 0.717) is 5.56 Å². The molecule has 0 heterocycles. The first-order chi connectivity index (χ1) is 12.4. The molecular formula is C19H12F2N2O2S. The van der Waals surface area contributed by atoms with Gasteiger partial charge in [-0.05, 0) is 41.5 Å². The molecule has 1 N–H and O–H groups in total. The molecule has 4 nitrogen and oxygen atoms in total. The summed E-state index contributed by atoms with van der Waals surface area (Å²) < 4.78 is 55.0. The van der Waals surface area contributed by atoms with Crippen LogP contribution in [0.4, 0.5) is 14.5 Å². The number of nitrogens with one attached hydrogen (secondary N) is 1. The molecule has 7 heteroatoms. The lowest BCUT2D eigenvalue weighted by atomic mass is 10.1. The lowest BCUT2D eigenvalue weighted by Crippen LogP contribution is -2.16. The Bertz CT molecular complexity index is 1110. The van der Waals surface area contributed by atoms with Crippen molar-refractivity contribution in [2.45, 2.75) is 4.90 Å². The van der Waals surface area contributed by atoms with Crippen molar-refractivity contribution in [1.82, 2.24) is 0 Å². The molecule has 0 aliphatic heterocycles. The number of nitrogens with zero attached hydrogens (tertiary/aromatic N) is 1. The van der Waals surface area contributed by atoms with Gasteiger partial charge in [0.1, 0.15) is 16.5 Å². The van der Waals surface area contributed by atoms with Crippen LogP contribution >= 0.6 is 0 Å². The van der Waals surface area contributed by atoms with Gasteiger partial charge in [-0.2, -0.15) is 5.26 Å². The van der Waals surface area contributed by atoms with Crippen molar-refractivity contribution in [2.24, 2.45) is 0 Å². The van der Waals surface area contributed by atoms with Gasteiger partial charge in [-0.3, -0.25) is 4.72 Å². The van der Waals surface area contributed by atoms with Crippen LogP contribution < -0.4 is 4.72 Å². The number of anilines is 1. The second-order valence-electron chi connectivity index (χ2n) is 5.42. The van der Waals surface area contributed by atoms with Gasteiger partial charge in [-0.25, -0.2) is 17.2 Å². The maximum atomic E-state index is 14.1. The first-order valence-corrected chi connectivity index (χ1v) is 8.96. The fourth-order valence-electron chi connectivity index (χ4n) is 2.39. The van der Waals surface area contributed by atoms with Gasteiger partial charge >= 0.3 is 0 Å². The third-order valence-corrected chi connectivity index (χ3v) is 5.05. The second-order valence-corrected chi connectivity index (χ2v) is 7.07. The van der Waals surface area contributed by atoms with Gasteiger partial charge in [-0.1, -0.05) is 36.4 Å². The summed E-state index contributed by atoms with van der Waals surface area (Å²) in [6, 6.07) is 17.6. The summed E-state index contributed by atoms with van der Waals surface area (Å²) in [5, 5.41) is 8.87. The van der Waals surface area contributed by atoms with Crippen molar-refractivity contribution < 1.29 is 17.2 Å². The van der Waals surface area contributed by atoms with Crippen molar-refractivity contribution in [1.29, 1.82) is 5.26 Å². The quantitative estimate of drug-likeness (QED) is 0.744. The molecule has 0 atom stereocenters. The van der Waals surface area contributed by atoms with Gasteiger partial charge < -0.3 is 0 Å². The van der Waals surface area contributed by atoms with Crippen LogP contribution in [0, 0.1) is 23.0 Å². The summed E-state index contributed by atoms with van der Waals surface area (Å²) in [5.41, 5.74) is 1.03. The molecule has 0 saturated carbocycles. The Morgan fingerprint density at radius 3 is 2.23 bits per heavy atom. The third-order valence-electron chi connectivity index (χ3n) is 3.67. The van der Waals surface area contributed by atoms with Gasteiger partial charge in [0.2, 0.25) is 0 Å². The van der Waals surface area contributed by atoms with Crippen LogP contribution in [0.3, 0.4) is 0 Å². The van der Waals surface area contributed by atoms with E-state index in [-0.39, 0.29) is 11.3 Å². The zero-order chi connectivity index (χ0) is 18.7. The molecule has 0 aliphatic rings. The van der Waals surface area contributed by atoms with Crippen LogP contribution in [0.25, 0.3) is 11.1 Å². The summed E-state index contributed by atoms with van der Waals surface area (Å²) in [4.78, 5) is -0.721. The highest BCUT2D eigenvalue weighted by Gasteiger charge is 2.21. The highest BCUT2D eigenvalue weighted by atomic mass is 32.2. The third kappa shape index (κ3) is 3.55. The highest BCUT2D eigenvalue weighted by molar-refractivity contribution is 7.92. The smallest absolute Gasteiger partial charge is 0.264 e. The van der Waals surface area contributed by atoms with E-state index >= 15 is 0 Å². The second kappa shape index (κ2) is 6.94. The molecule has 26 heavy (non-hydrogen) atoms. The molecule has 0 radical (unpaired) electrons. The summed E-state index contributed by atoms with van der Waals surface area (Å²) in [7, 11) is -4.41. The topological polar surface area (TPSA) is 70.0 Å². The average Bonchev–Trinajstić information content (AvgIpc) is 2.64. The number of rotatable bonds is 4. The highest BCUT2D eigenvalue weighted by Crippen LogP contribution is 2.27. The number of nitriles is 1. The molecule has 3 aromatic rings. The zero-order valence-corrected chi connectivity index (χ0v) is 14.1. The standard InChI is InChI=1S/C19H12F2N2O2S/c20-16-9-7-15(14-4-2-1-3-5-14)11-18(16)23-26(24,25)19-10-13(12-22)6-8-17(19)21/h1-11,23H. The normalized spacial score (nSPS) is 11.0. The van der Waals surface area contributed by atoms with E-state index in [1.807, 2.05) is 6.07 Å². The predicted molar refractivity (Wildman–Crippen MR) is 93.8 cm³/mol. The van der Waals surface area contributed by atoms with E-state index in [1.54, 1.807) is 30.3 Å². The van der Waals surface area contributed by atoms with Crippen molar-refractivity contribution in [3.8, 4) is 17.2 Å². The minimum absolute atomic E-state index is 0.0229. The van der Waals surface area contributed by atoms with Crippen LogP contribution in [-0.4, -0.2) is 8.42 Å². The summed E-state index contributed by atoms with van der Waals surface area (Å²) in [6.07, 6.45) is 0. The molecule has 3 rings (SSSR count). The molecule has 0 aromatic heterocycles. The van der Waals surface area contributed by atoms with Gasteiger partial charge in [-0.15, -0.1) is 0 Å².